The Hall–Kier alpha value is -3.21. The summed E-state index contributed by atoms with van der Waals surface area (Å²) in [5, 5.41) is 2.83. The number of benzene rings is 1. The summed E-state index contributed by atoms with van der Waals surface area (Å²) in [6, 6.07) is 13.1. The van der Waals surface area contributed by atoms with Crippen LogP contribution < -0.4 is 10.1 Å². The number of nitrogens with zero attached hydrogens (tertiary/aromatic N) is 2. The van der Waals surface area contributed by atoms with E-state index in [1.165, 1.54) is 11.8 Å². The third-order valence-corrected chi connectivity index (χ3v) is 4.05. The largest absolute Gasteiger partial charge is 0.439 e. The van der Waals surface area contributed by atoms with E-state index in [0.29, 0.717) is 28.8 Å². The first-order chi connectivity index (χ1) is 12.5. The molecule has 1 amide bonds. The average Bonchev–Trinajstić information content (AvgIpc) is 2.64. The van der Waals surface area contributed by atoms with Gasteiger partial charge < -0.3 is 10.1 Å². The van der Waals surface area contributed by atoms with E-state index in [-0.39, 0.29) is 5.91 Å². The van der Waals surface area contributed by atoms with Crippen molar-refractivity contribution in [1.29, 1.82) is 0 Å². The van der Waals surface area contributed by atoms with Crippen molar-refractivity contribution < 1.29 is 9.53 Å². The Morgan fingerprint density at radius 2 is 1.81 bits per heavy atom. The van der Waals surface area contributed by atoms with Gasteiger partial charge in [0.1, 0.15) is 5.75 Å². The third-order valence-electron chi connectivity index (χ3n) is 4.05. The zero-order valence-electron chi connectivity index (χ0n) is 15.1. The van der Waals surface area contributed by atoms with Crippen molar-refractivity contribution in [2.24, 2.45) is 0 Å². The van der Waals surface area contributed by atoms with E-state index in [1.54, 1.807) is 24.5 Å². The Balaban J connectivity index is 1.66. The van der Waals surface area contributed by atoms with Crippen LogP contribution in [0.5, 0.6) is 11.6 Å². The summed E-state index contributed by atoms with van der Waals surface area (Å²) in [6.45, 7) is 6.21. The van der Waals surface area contributed by atoms with Crippen LogP contribution in [0.25, 0.3) is 0 Å². The molecule has 1 aromatic carbocycles. The molecule has 0 fully saturated rings. The van der Waals surface area contributed by atoms with Gasteiger partial charge in [-0.15, -0.1) is 0 Å². The van der Waals surface area contributed by atoms with Crippen LogP contribution in [-0.2, 0) is 0 Å². The number of hydrogen-bond acceptors (Lipinski definition) is 4. The lowest BCUT2D eigenvalue weighted by atomic mass is 10.0. The second-order valence-electron chi connectivity index (χ2n) is 6.36. The number of carbonyl (C=O) groups is 1. The second kappa shape index (κ2) is 7.78. The predicted molar refractivity (Wildman–Crippen MR) is 102 cm³/mol. The molecule has 0 aliphatic carbocycles. The van der Waals surface area contributed by atoms with Crippen LogP contribution in [0.3, 0.4) is 0 Å². The Labute approximate surface area is 153 Å². The molecule has 0 aliphatic rings. The van der Waals surface area contributed by atoms with Crippen LogP contribution >= 0.6 is 0 Å². The number of pyridine rings is 2. The molecule has 2 aromatic heterocycles. The number of aryl methyl sites for hydroxylation is 1. The minimum absolute atomic E-state index is 0.235. The lowest BCUT2D eigenvalue weighted by Crippen LogP contribution is -2.13. The number of aromatic nitrogens is 2. The molecular weight excluding hydrogens is 326 g/mol. The van der Waals surface area contributed by atoms with Crippen molar-refractivity contribution in [3.63, 3.8) is 0 Å². The Bertz CT molecular complexity index is 888. The van der Waals surface area contributed by atoms with Gasteiger partial charge in [0.15, 0.2) is 0 Å². The van der Waals surface area contributed by atoms with E-state index in [9.17, 15) is 4.79 Å². The average molecular weight is 347 g/mol. The fraction of sp³-hybridized carbons (Fsp3) is 0.190. The number of rotatable bonds is 5. The molecule has 0 atom stereocenters. The minimum Gasteiger partial charge on any atom is -0.439 e. The monoisotopic (exact) mass is 347 g/mol. The molecule has 5 nitrogen and oxygen atoms in total. The van der Waals surface area contributed by atoms with Gasteiger partial charge >= 0.3 is 0 Å². The number of carbonyl (C=O) groups excluding carboxylic acids is 1. The van der Waals surface area contributed by atoms with Crippen LogP contribution in [0.1, 0.15) is 41.3 Å². The van der Waals surface area contributed by atoms with Crippen LogP contribution in [0.2, 0.25) is 0 Å². The SMILES string of the molecule is Cc1ccncc1NC(=O)c1ccc(Oc2ccc(C(C)C)cc2)nc1. The van der Waals surface area contributed by atoms with E-state index in [0.717, 1.165) is 5.56 Å². The molecule has 0 aliphatic heterocycles. The third kappa shape index (κ3) is 4.25. The van der Waals surface area contributed by atoms with Crippen molar-refractivity contribution >= 4 is 11.6 Å². The maximum Gasteiger partial charge on any atom is 0.257 e. The summed E-state index contributed by atoms with van der Waals surface area (Å²) >= 11 is 0. The van der Waals surface area contributed by atoms with Crippen LogP contribution in [-0.4, -0.2) is 15.9 Å². The van der Waals surface area contributed by atoms with Crippen molar-refractivity contribution in [1.82, 2.24) is 9.97 Å². The summed E-state index contributed by atoms with van der Waals surface area (Å²) in [6.07, 6.45) is 4.81. The fourth-order valence-corrected chi connectivity index (χ4v) is 2.41. The van der Waals surface area contributed by atoms with E-state index in [4.69, 9.17) is 4.74 Å². The van der Waals surface area contributed by atoms with Crippen molar-refractivity contribution in [3.05, 3.63) is 77.7 Å². The van der Waals surface area contributed by atoms with Gasteiger partial charge in [-0.05, 0) is 48.2 Å². The van der Waals surface area contributed by atoms with Gasteiger partial charge in [-0.25, -0.2) is 4.98 Å². The van der Waals surface area contributed by atoms with Crippen molar-refractivity contribution in [3.8, 4) is 11.6 Å². The maximum absolute atomic E-state index is 12.3. The maximum atomic E-state index is 12.3. The first-order valence-electron chi connectivity index (χ1n) is 8.49. The molecule has 3 aromatic rings. The second-order valence-corrected chi connectivity index (χ2v) is 6.36. The standard InChI is InChI=1S/C21H21N3O2/c1-14(2)16-4-7-18(8-5-16)26-20-9-6-17(12-23-20)21(25)24-19-13-22-11-10-15(19)3/h4-14H,1-3H3,(H,24,25). The van der Waals surface area contributed by atoms with Gasteiger partial charge in [0, 0.05) is 18.5 Å². The number of ether oxygens (including phenoxy) is 1. The highest BCUT2D eigenvalue weighted by Gasteiger charge is 2.09. The van der Waals surface area contributed by atoms with Crippen molar-refractivity contribution in [2.75, 3.05) is 5.32 Å². The smallest absolute Gasteiger partial charge is 0.257 e. The summed E-state index contributed by atoms with van der Waals surface area (Å²) in [7, 11) is 0. The summed E-state index contributed by atoms with van der Waals surface area (Å²) in [4.78, 5) is 20.6. The highest BCUT2D eigenvalue weighted by molar-refractivity contribution is 6.04. The minimum atomic E-state index is -0.235. The number of nitrogens with one attached hydrogen (secondary N) is 1. The van der Waals surface area contributed by atoms with E-state index in [1.807, 2.05) is 37.3 Å². The Morgan fingerprint density at radius 1 is 1.04 bits per heavy atom. The zero-order valence-corrected chi connectivity index (χ0v) is 15.1. The van der Waals surface area contributed by atoms with Gasteiger partial charge in [0.2, 0.25) is 5.88 Å². The number of hydrogen-bond donors (Lipinski definition) is 1. The van der Waals surface area contributed by atoms with Crippen LogP contribution in [0.15, 0.2) is 61.1 Å². The molecular formula is C21H21N3O2. The molecule has 132 valence electrons. The molecule has 0 unspecified atom stereocenters. The van der Waals surface area contributed by atoms with Gasteiger partial charge in [-0.1, -0.05) is 26.0 Å². The fourth-order valence-electron chi connectivity index (χ4n) is 2.41. The Kier molecular flexibility index (Phi) is 5.27. The normalized spacial score (nSPS) is 10.6. The van der Waals surface area contributed by atoms with Gasteiger partial charge in [-0.3, -0.25) is 9.78 Å². The molecule has 26 heavy (non-hydrogen) atoms. The van der Waals surface area contributed by atoms with Crippen LogP contribution in [0, 0.1) is 6.92 Å². The molecule has 0 saturated carbocycles. The van der Waals surface area contributed by atoms with E-state index < -0.39 is 0 Å². The van der Waals surface area contributed by atoms with E-state index in [2.05, 4.69) is 29.1 Å². The molecule has 0 saturated heterocycles. The van der Waals surface area contributed by atoms with Gasteiger partial charge in [-0.2, -0.15) is 0 Å². The lowest BCUT2D eigenvalue weighted by molar-refractivity contribution is 0.102. The molecule has 0 radical (unpaired) electrons. The molecule has 3 rings (SSSR count). The zero-order chi connectivity index (χ0) is 18.5. The predicted octanol–water partition coefficient (Wildman–Crippen LogP) is 4.95. The topological polar surface area (TPSA) is 64.1 Å². The molecule has 1 N–H and O–H groups in total. The quantitative estimate of drug-likeness (QED) is 0.709. The first-order valence-corrected chi connectivity index (χ1v) is 8.49. The molecule has 0 bridgehead atoms. The van der Waals surface area contributed by atoms with Gasteiger partial charge in [0.25, 0.3) is 5.91 Å². The lowest BCUT2D eigenvalue weighted by Gasteiger charge is -2.09. The first kappa shape index (κ1) is 17.6. The summed E-state index contributed by atoms with van der Waals surface area (Å²) < 4.78 is 5.73. The highest BCUT2D eigenvalue weighted by atomic mass is 16.5. The van der Waals surface area contributed by atoms with Crippen LogP contribution in [0.4, 0.5) is 5.69 Å². The Morgan fingerprint density at radius 3 is 2.42 bits per heavy atom. The number of amides is 1. The summed E-state index contributed by atoms with van der Waals surface area (Å²) in [5.41, 5.74) is 3.34. The van der Waals surface area contributed by atoms with Gasteiger partial charge in [0.05, 0.1) is 17.4 Å². The molecule has 2 heterocycles. The van der Waals surface area contributed by atoms with Crippen molar-refractivity contribution in [2.45, 2.75) is 26.7 Å². The van der Waals surface area contributed by atoms with E-state index >= 15 is 0 Å². The highest BCUT2D eigenvalue weighted by Crippen LogP contribution is 2.23. The number of anilines is 1. The molecule has 0 spiro atoms. The summed E-state index contributed by atoms with van der Waals surface area (Å²) in [5.74, 6) is 1.39. The molecule has 5 heteroatoms.